The molecule has 1 aliphatic heterocycles. The molecular formula is C14H18O4. The lowest BCUT2D eigenvalue weighted by atomic mass is 9.95. The Labute approximate surface area is 107 Å². The van der Waals surface area contributed by atoms with Crippen molar-refractivity contribution in [1.82, 2.24) is 0 Å². The lowest BCUT2D eigenvalue weighted by Crippen LogP contribution is -2.25. The van der Waals surface area contributed by atoms with Crippen LogP contribution in [0.2, 0.25) is 0 Å². The molecule has 2 unspecified atom stereocenters. The monoisotopic (exact) mass is 250 g/mol. The van der Waals surface area contributed by atoms with Gasteiger partial charge < -0.3 is 14.2 Å². The van der Waals surface area contributed by atoms with Crippen LogP contribution >= 0.6 is 0 Å². The summed E-state index contributed by atoms with van der Waals surface area (Å²) in [5, 5.41) is 0. The highest BCUT2D eigenvalue weighted by molar-refractivity contribution is 6.02. The molecule has 1 saturated heterocycles. The molecule has 98 valence electrons. The van der Waals surface area contributed by atoms with E-state index in [4.69, 9.17) is 14.2 Å². The smallest absolute Gasteiger partial charge is 0.195 e. The Morgan fingerprint density at radius 2 is 2.11 bits per heavy atom. The molecule has 1 aromatic rings. The highest BCUT2D eigenvalue weighted by atomic mass is 16.5. The highest BCUT2D eigenvalue weighted by Gasteiger charge is 2.32. The van der Waals surface area contributed by atoms with Crippen molar-refractivity contribution in [2.24, 2.45) is 5.92 Å². The topological polar surface area (TPSA) is 44.8 Å². The van der Waals surface area contributed by atoms with Crippen LogP contribution in [-0.4, -0.2) is 32.7 Å². The predicted octanol–water partition coefficient (Wildman–Crippen LogP) is 2.31. The first-order chi connectivity index (χ1) is 8.67. The van der Waals surface area contributed by atoms with Gasteiger partial charge in [-0.3, -0.25) is 4.79 Å². The average Bonchev–Trinajstić information content (AvgIpc) is 2.83. The van der Waals surface area contributed by atoms with E-state index in [9.17, 15) is 4.79 Å². The number of carbonyl (C=O) groups excluding carboxylic acids is 1. The molecule has 4 nitrogen and oxygen atoms in total. The van der Waals surface area contributed by atoms with Gasteiger partial charge in [-0.25, -0.2) is 0 Å². The van der Waals surface area contributed by atoms with E-state index < -0.39 is 0 Å². The number of benzene rings is 1. The van der Waals surface area contributed by atoms with Gasteiger partial charge in [-0.1, -0.05) is 6.92 Å². The Balaban J connectivity index is 2.29. The van der Waals surface area contributed by atoms with Crippen molar-refractivity contribution in [3.63, 3.8) is 0 Å². The van der Waals surface area contributed by atoms with E-state index in [1.54, 1.807) is 32.4 Å². The molecule has 4 heteroatoms. The van der Waals surface area contributed by atoms with Crippen LogP contribution in [0.1, 0.15) is 23.7 Å². The standard InChI is InChI=1S/C14H18O4/c1-9-6-7-18-14(9)13(15)11-5-4-10(16-2)8-12(11)17-3/h4-5,8-9,14H,6-7H2,1-3H3. The van der Waals surface area contributed by atoms with Crippen LogP contribution in [0.3, 0.4) is 0 Å². The molecule has 0 aromatic heterocycles. The van der Waals surface area contributed by atoms with Crippen LogP contribution < -0.4 is 9.47 Å². The Kier molecular flexibility index (Phi) is 3.87. The van der Waals surface area contributed by atoms with E-state index in [-0.39, 0.29) is 17.8 Å². The molecule has 2 rings (SSSR count). The Hall–Kier alpha value is -1.55. The van der Waals surface area contributed by atoms with Crippen molar-refractivity contribution in [1.29, 1.82) is 0 Å². The second-order valence-corrected chi connectivity index (χ2v) is 4.49. The summed E-state index contributed by atoms with van der Waals surface area (Å²) in [6.45, 7) is 2.68. The summed E-state index contributed by atoms with van der Waals surface area (Å²) < 4.78 is 15.9. The van der Waals surface area contributed by atoms with E-state index in [1.807, 2.05) is 6.92 Å². The molecule has 18 heavy (non-hydrogen) atoms. The lowest BCUT2D eigenvalue weighted by Gasteiger charge is -2.15. The van der Waals surface area contributed by atoms with Gasteiger partial charge >= 0.3 is 0 Å². The van der Waals surface area contributed by atoms with Crippen molar-refractivity contribution < 1.29 is 19.0 Å². The number of carbonyl (C=O) groups is 1. The quantitative estimate of drug-likeness (QED) is 0.769. The van der Waals surface area contributed by atoms with Crippen molar-refractivity contribution in [2.75, 3.05) is 20.8 Å². The van der Waals surface area contributed by atoms with Gasteiger partial charge in [0.2, 0.25) is 0 Å². The van der Waals surface area contributed by atoms with Gasteiger partial charge in [0.05, 0.1) is 19.8 Å². The fourth-order valence-electron chi connectivity index (χ4n) is 2.19. The number of Topliss-reactive ketones (excluding diaryl/α,β-unsaturated/α-hetero) is 1. The summed E-state index contributed by atoms with van der Waals surface area (Å²) in [6.07, 6.45) is 0.571. The summed E-state index contributed by atoms with van der Waals surface area (Å²) in [7, 11) is 3.13. The van der Waals surface area contributed by atoms with Gasteiger partial charge in [-0.2, -0.15) is 0 Å². The molecule has 0 bridgehead atoms. The zero-order valence-electron chi connectivity index (χ0n) is 10.9. The van der Waals surface area contributed by atoms with Crippen molar-refractivity contribution in [2.45, 2.75) is 19.4 Å². The molecule has 1 aromatic carbocycles. The molecule has 1 fully saturated rings. The van der Waals surface area contributed by atoms with Crippen LogP contribution in [0.4, 0.5) is 0 Å². The minimum absolute atomic E-state index is 0.0143. The summed E-state index contributed by atoms with van der Waals surface area (Å²) in [4.78, 5) is 12.4. The summed E-state index contributed by atoms with van der Waals surface area (Å²) in [5.74, 6) is 1.44. The molecule has 0 saturated carbocycles. The molecule has 0 spiro atoms. The van der Waals surface area contributed by atoms with Crippen LogP contribution in [0, 0.1) is 5.92 Å². The van der Waals surface area contributed by atoms with Gasteiger partial charge in [-0.05, 0) is 24.5 Å². The molecule has 0 amide bonds. The number of hydrogen-bond donors (Lipinski definition) is 0. The first-order valence-corrected chi connectivity index (χ1v) is 6.05. The van der Waals surface area contributed by atoms with Crippen LogP contribution in [0.5, 0.6) is 11.5 Å². The van der Waals surface area contributed by atoms with E-state index in [0.717, 1.165) is 6.42 Å². The second kappa shape index (κ2) is 5.40. The Morgan fingerprint density at radius 1 is 1.33 bits per heavy atom. The molecule has 2 atom stereocenters. The molecule has 1 heterocycles. The number of hydrogen-bond acceptors (Lipinski definition) is 4. The maximum Gasteiger partial charge on any atom is 0.195 e. The first kappa shape index (κ1) is 12.9. The van der Waals surface area contributed by atoms with E-state index in [0.29, 0.717) is 23.7 Å². The second-order valence-electron chi connectivity index (χ2n) is 4.49. The van der Waals surface area contributed by atoms with Crippen LogP contribution in [0.15, 0.2) is 18.2 Å². The molecule has 0 aliphatic carbocycles. The Bertz CT molecular complexity index is 441. The van der Waals surface area contributed by atoms with Crippen LogP contribution in [0.25, 0.3) is 0 Å². The fourth-order valence-corrected chi connectivity index (χ4v) is 2.19. The number of ketones is 1. The minimum Gasteiger partial charge on any atom is -0.497 e. The van der Waals surface area contributed by atoms with Gasteiger partial charge in [0.1, 0.15) is 17.6 Å². The van der Waals surface area contributed by atoms with Gasteiger partial charge in [-0.15, -0.1) is 0 Å². The summed E-state index contributed by atoms with van der Waals surface area (Å²) >= 11 is 0. The number of rotatable bonds is 4. The Morgan fingerprint density at radius 3 is 2.67 bits per heavy atom. The van der Waals surface area contributed by atoms with Crippen molar-refractivity contribution in [3.8, 4) is 11.5 Å². The third-order valence-corrected chi connectivity index (χ3v) is 3.32. The highest BCUT2D eigenvalue weighted by Crippen LogP contribution is 2.30. The zero-order chi connectivity index (χ0) is 13.1. The molecular weight excluding hydrogens is 232 g/mol. The molecule has 1 aliphatic rings. The SMILES string of the molecule is COc1ccc(C(=O)C2OCCC2C)c(OC)c1. The van der Waals surface area contributed by atoms with E-state index in [2.05, 4.69) is 0 Å². The minimum atomic E-state index is -0.354. The molecule has 0 radical (unpaired) electrons. The molecule has 0 N–H and O–H groups in total. The first-order valence-electron chi connectivity index (χ1n) is 6.05. The largest absolute Gasteiger partial charge is 0.497 e. The summed E-state index contributed by atoms with van der Waals surface area (Å²) in [6, 6.07) is 5.20. The fraction of sp³-hybridized carbons (Fsp3) is 0.500. The average molecular weight is 250 g/mol. The van der Waals surface area contributed by atoms with Crippen molar-refractivity contribution >= 4 is 5.78 Å². The third kappa shape index (κ3) is 2.34. The van der Waals surface area contributed by atoms with Crippen molar-refractivity contribution in [3.05, 3.63) is 23.8 Å². The zero-order valence-corrected chi connectivity index (χ0v) is 10.9. The van der Waals surface area contributed by atoms with Gasteiger partial charge in [0.25, 0.3) is 0 Å². The van der Waals surface area contributed by atoms with E-state index in [1.165, 1.54) is 0 Å². The maximum atomic E-state index is 12.4. The van der Waals surface area contributed by atoms with Gasteiger partial charge in [0, 0.05) is 12.7 Å². The lowest BCUT2D eigenvalue weighted by molar-refractivity contribution is 0.0576. The summed E-state index contributed by atoms with van der Waals surface area (Å²) in [5.41, 5.74) is 0.553. The maximum absolute atomic E-state index is 12.4. The van der Waals surface area contributed by atoms with Crippen LogP contribution in [-0.2, 0) is 4.74 Å². The number of ether oxygens (including phenoxy) is 3. The predicted molar refractivity (Wildman–Crippen MR) is 67.4 cm³/mol. The third-order valence-electron chi connectivity index (χ3n) is 3.32. The normalized spacial score (nSPS) is 22.8. The van der Waals surface area contributed by atoms with E-state index >= 15 is 0 Å². The van der Waals surface area contributed by atoms with Gasteiger partial charge in [0.15, 0.2) is 5.78 Å². The number of methoxy groups -OCH3 is 2.